The summed E-state index contributed by atoms with van der Waals surface area (Å²) < 4.78 is 5.75. The number of guanidine groups is 1. The van der Waals surface area contributed by atoms with Crippen molar-refractivity contribution in [3.63, 3.8) is 0 Å². The van der Waals surface area contributed by atoms with Gasteiger partial charge in [0.15, 0.2) is 5.96 Å². The van der Waals surface area contributed by atoms with Crippen molar-refractivity contribution in [3.8, 4) is 0 Å². The third-order valence-electron chi connectivity index (χ3n) is 5.77. The van der Waals surface area contributed by atoms with Gasteiger partial charge in [-0.25, -0.2) is 0 Å². The maximum Gasteiger partial charge on any atom is 0.193 e. The summed E-state index contributed by atoms with van der Waals surface area (Å²) in [4.78, 5) is 6.96. The number of hydrogen-bond donors (Lipinski definition) is 1. The van der Waals surface area contributed by atoms with Crippen molar-refractivity contribution < 1.29 is 4.74 Å². The molecule has 1 aliphatic heterocycles. The number of nitrogens with one attached hydrogen (secondary N) is 1. The van der Waals surface area contributed by atoms with Gasteiger partial charge in [-0.3, -0.25) is 4.99 Å². The average Bonchev–Trinajstić information content (AvgIpc) is 3.34. The Bertz CT molecular complexity index is 376. The van der Waals surface area contributed by atoms with E-state index in [0.717, 1.165) is 50.3 Å². The molecule has 2 saturated carbocycles. The van der Waals surface area contributed by atoms with Crippen LogP contribution in [0.5, 0.6) is 0 Å². The van der Waals surface area contributed by atoms with Gasteiger partial charge >= 0.3 is 0 Å². The molecule has 23 heavy (non-hydrogen) atoms. The second kappa shape index (κ2) is 9.44. The van der Waals surface area contributed by atoms with Crippen LogP contribution in [0.4, 0.5) is 0 Å². The molecule has 4 nitrogen and oxygen atoms in total. The molecule has 1 N–H and O–H groups in total. The first-order chi connectivity index (χ1) is 10.8. The molecule has 2 aliphatic carbocycles. The average molecular weight is 435 g/mol. The summed E-state index contributed by atoms with van der Waals surface area (Å²) in [5.74, 6) is 3.02. The first-order valence-corrected chi connectivity index (χ1v) is 9.41. The Morgan fingerprint density at radius 1 is 1.13 bits per heavy atom. The van der Waals surface area contributed by atoms with E-state index in [-0.39, 0.29) is 24.0 Å². The lowest BCUT2D eigenvalue weighted by Gasteiger charge is -2.34. The molecule has 0 radical (unpaired) electrons. The van der Waals surface area contributed by atoms with Crippen LogP contribution < -0.4 is 5.32 Å². The van der Waals surface area contributed by atoms with Gasteiger partial charge in [-0.15, -0.1) is 24.0 Å². The van der Waals surface area contributed by atoms with E-state index in [1.807, 2.05) is 7.05 Å². The Morgan fingerprint density at radius 3 is 2.43 bits per heavy atom. The smallest absolute Gasteiger partial charge is 0.193 e. The van der Waals surface area contributed by atoms with Crippen molar-refractivity contribution in [2.75, 3.05) is 26.7 Å². The minimum Gasteiger partial charge on any atom is -0.378 e. The fourth-order valence-electron chi connectivity index (χ4n) is 4.40. The molecule has 3 aliphatic rings. The summed E-state index contributed by atoms with van der Waals surface area (Å²) in [6, 6.07) is 0.686. The maximum absolute atomic E-state index is 5.75. The topological polar surface area (TPSA) is 36.9 Å². The van der Waals surface area contributed by atoms with Crippen LogP contribution in [0.15, 0.2) is 4.99 Å². The van der Waals surface area contributed by atoms with E-state index in [9.17, 15) is 0 Å². The number of halogens is 1. The molecular weight excluding hydrogens is 401 g/mol. The van der Waals surface area contributed by atoms with Gasteiger partial charge in [0, 0.05) is 32.8 Å². The lowest BCUT2D eigenvalue weighted by atomic mass is 9.85. The molecular formula is C18H34IN3O. The number of rotatable bonds is 4. The molecule has 5 heteroatoms. The van der Waals surface area contributed by atoms with Gasteiger partial charge in [-0.1, -0.05) is 32.1 Å². The van der Waals surface area contributed by atoms with Crippen molar-refractivity contribution in [2.45, 2.75) is 70.4 Å². The van der Waals surface area contributed by atoms with Crippen LogP contribution in [0.1, 0.15) is 58.3 Å². The van der Waals surface area contributed by atoms with Crippen LogP contribution in [0.2, 0.25) is 0 Å². The number of ether oxygens (including phenoxy) is 1. The molecule has 3 fully saturated rings. The maximum atomic E-state index is 5.75. The van der Waals surface area contributed by atoms with Crippen LogP contribution in [-0.2, 0) is 4.74 Å². The summed E-state index contributed by atoms with van der Waals surface area (Å²) in [6.07, 6.45) is 11.4. The lowest BCUT2D eigenvalue weighted by Crippen LogP contribution is -2.48. The molecule has 0 bridgehead atoms. The summed E-state index contributed by atoms with van der Waals surface area (Å²) in [7, 11) is 1.93. The monoisotopic (exact) mass is 435 g/mol. The minimum absolute atomic E-state index is 0. The van der Waals surface area contributed by atoms with Gasteiger partial charge in [-0.05, 0) is 38.0 Å². The molecule has 0 aromatic carbocycles. The number of aliphatic imine (C=N–C) groups is 1. The van der Waals surface area contributed by atoms with Gasteiger partial charge in [0.25, 0.3) is 0 Å². The van der Waals surface area contributed by atoms with E-state index < -0.39 is 0 Å². The highest BCUT2D eigenvalue weighted by Crippen LogP contribution is 2.44. The molecule has 0 aromatic heterocycles. The van der Waals surface area contributed by atoms with E-state index >= 15 is 0 Å². The first kappa shape index (κ1) is 19.3. The van der Waals surface area contributed by atoms with E-state index in [4.69, 9.17) is 4.74 Å². The molecule has 0 spiro atoms. The zero-order valence-corrected chi connectivity index (χ0v) is 17.1. The van der Waals surface area contributed by atoms with E-state index in [0.29, 0.717) is 12.1 Å². The van der Waals surface area contributed by atoms with Crippen LogP contribution in [0.25, 0.3) is 0 Å². The van der Waals surface area contributed by atoms with Gasteiger partial charge in [0.1, 0.15) is 0 Å². The molecule has 2 atom stereocenters. The van der Waals surface area contributed by atoms with Crippen LogP contribution in [0, 0.1) is 11.8 Å². The molecule has 1 heterocycles. The van der Waals surface area contributed by atoms with Gasteiger partial charge < -0.3 is 15.0 Å². The highest BCUT2D eigenvalue weighted by atomic mass is 127. The van der Waals surface area contributed by atoms with E-state index in [1.54, 1.807) is 0 Å². The minimum atomic E-state index is 0. The van der Waals surface area contributed by atoms with Crippen molar-refractivity contribution in [2.24, 2.45) is 16.8 Å². The number of hydrogen-bond acceptors (Lipinski definition) is 2. The zero-order chi connectivity index (χ0) is 15.4. The van der Waals surface area contributed by atoms with Crippen LogP contribution in [-0.4, -0.2) is 49.7 Å². The zero-order valence-electron chi connectivity index (χ0n) is 14.8. The molecule has 0 amide bonds. The van der Waals surface area contributed by atoms with Crippen LogP contribution in [0.3, 0.4) is 0 Å². The summed E-state index contributed by atoms with van der Waals surface area (Å²) in [6.45, 7) is 5.07. The first-order valence-electron chi connectivity index (χ1n) is 9.41. The second-order valence-electron chi connectivity index (χ2n) is 7.24. The normalized spacial score (nSPS) is 30.0. The molecule has 2 unspecified atom stereocenters. The van der Waals surface area contributed by atoms with Crippen molar-refractivity contribution in [3.05, 3.63) is 0 Å². The van der Waals surface area contributed by atoms with E-state index in [2.05, 4.69) is 22.1 Å². The fourth-order valence-corrected chi connectivity index (χ4v) is 4.40. The quantitative estimate of drug-likeness (QED) is 0.416. The van der Waals surface area contributed by atoms with Gasteiger partial charge in [-0.2, -0.15) is 0 Å². The van der Waals surface area contributed by atoms with Gasteiger partial charge in [0.2, 0.25) is 0 Å². The largest absolute Gasteiger partial charge is 0.378 e. The fraction of sp³-hybridized carbons (Fsp3) is 0.944. The van der Waals surface area contributed by atoms with E-state index in [1.165, 1.54) is 38.5 Å². The predicted octanol–water partition coefficient (Wildman–Crippen LogP) is 3.65. The molecule has 134 valence electrons. The summed E-state index contributed by atoms with van der Waals surface area (Å²) >= 11 is 0. The SMILES string of the molecule is CCOC1CCN(C(=NC)NC2CC2C2CCCCC2)CC1.I. The number of piperidine rings is 1. The number of likely N-dealkylation sites (tertiary alicyclic amines) is 1. The lowest BCUT2D eigenvalue weighted by molar-refractivity contribution is 0.0263. The Labute approximate surface area is 158 Å². The third kappa shape index (κ3) is 5.21. The third-order valence-corrected chi connectivity index (χ3v) is 5.77. The van der Waals surface area contributed by atoms with Crippen molar-refractivity contribution >= 4 is 29.9 Å². The standard InChI is InChI=1S/C18H33N3O.HI/c1-3-22-15-9-11-21(12-10-15)18(19-2)20-17-13-16(17)14-7-5-4-6-8-14;/h14-17H,3-13H2,1-2H3,(H,19,20);1H. The highest BCUT2D eigenvalue weighted by Gasteiger charge is 2.43. The predicted molar refractivity (Wildman–Crippen MR) is 107 cm³/mol. The second-order valence-corrected chi connectivity index (χ2v) is 7.24. The highest BCUT2D eigenvalue weighted by molar-refractivity contribution is 14.0. The Balaban J connectivity index is 0.00000192. The molecule has 0 aromatic rings. The summed E-state index contributed by atoms with van der Waals surface area (Å²) in [5, 5.41) is 3.74. The van der Waals surface area contributed by atoms with Crippen molar-refractivity contribution in [1.82, 2.24) is 10.2 Å². The number of nitrogens with zero attached hydrogens (tertiary/aromatic N) is 2. The van der Waals surface area contributed by atoms with Crippen LogP contribution >= 0.6 is 24.0 Å². The Morgan fingerprint density at radius 2 is 1.83 bits per heavy atom. The van der Waals surface area contributed by atoms with Crippen molar-refractivity contribution in [1.29, 1.82) is 0 Å². The molecule has 3 rings (SSSR count). The Kier molecular flexibility index (Phi) is 7.92. The molecule has 1 saturated heterocycles. The van der Waals surface area contributed by atoms with Gasteiger partial charge in [0.05, 0.1) is 6.10 Å². The Hall–Kier alpha value is -0.0400. The summed E-state index contributed by atoms with van der Waals surface area (Å²) in [5.41, 5.74) is 0.